The largest absolute Gasteiger partial charge is 0.306 e. The first-order chi connectivity index (χ1) is 13.4. The Balaban J connectivity index is 1.78. The summed E-state index contributed by atoms with van der Waals surface area (Å²) in [7, 11) is -3.87. The zero-order chi connectivity index (χ0) is 20.0. The number of hydrogen-bond donors (Lipinski definition) is 4. The van der Waals surface area contributed by atoms with E-state index in [1.54, 1.807) is 18.2 Å². The molecule has 0 bridgehead atoms. The van der Waals surface area contributed by atoms with Gasteiger partial charge in [0, 0.05) is 0 Å². The molecule has 0 heterocycles. The summed E-state index contributed by atoms with van der Waals surface area (Å²) in [5.74, 6) is 0. The van der Waals surface area contributed by atoms with Crippen molar-refractivity contribution in [3.63, 3.8) is 0 Å². The van der Waals surface area contributed by atoms with Gasteiger partial charge in [-0.3, -0.25) is 0 Å². The lowest BCUT2D eigenvalue weighted by molar-refractivity contribution is 0.276. The van der Waals surface area contributed by atoms with Crippen molar-refractivity contribution in [1.82, 2.24) is 15.6 Å². The first kappa shape index (κ1) is 19.8. The van der Waals surface area contributed by atoms with Gasteiger partial charge in [-0.25, -0.2) is 8.42 Å². The summed E-state index contributed by atoms with van der Waals surface area (Å²) in [6.45, 7) is 3.97. The van der Waals surface area contributed by atoms with Crippen molar-refractivity contribution in [3.8, 4) is 0 Å². The Bertz CT molecular complexity index is 942. The fourth-order valence-corrected chi connectivity index (χ4v) is 3.39. The Kier molecular flexibility index (Phi) is 6.27. The van der Waals surface area contributed by atoms with E-state index in [1.807, 2.05) is 62.4 Å². The van der Waals surface area contributed by atoms with Gasteiger partial charge in [0.2, 0.25) is 0 Å². The molecule has 3 aromatic carbocycles. The third-order valence-electron chi connectivity index (χ3n) is 3.99. The topological polar surface area (TPSA) is 85.5 Å². The van der Waals surface area contributed by atoms with Crippen molar-refractivity contribution in [2.45, 2.75) is 18.7 Å². The Labute approximate surface area is 165 Å². The average molecular weight is 398 g/mol. The predicted octanol–water partition coefficient (Wildman–Crippen LogP) is 3.36. The van der Waals surface area contributed by atoms with E-state index in [9.17, 15) is 8.42 Å². The summed E-state index contributed by atoms with van der Waals surface area (Å²) in [6.07, 6.45) is 0. The quantitative estimate of drug-likeness (QED) is 0.436. The molecule has 0 aliphatic rings. The number of hydrogen-bond acceptors (Lipinski definition) is 6. The van der Waals surface area contributed by atoms with Gasteiger partial charge >= 0.3 is 0 Å². The second-order valence-electron chi connectivity index (χ2n) is 6.29. The van der Waals surface area contributed by atoms with Crippen LogP contribution in [0.25, 0.3) is 0 Å². The third-order valence-corrected chi connectivity index (χ3v) is 5.52. The summed E-state index contributed by atoms with van der Waals surface area (Å²) in [4.78, 5) is 0.145. The van der Waals surface area contributed by atoms with Crippen molar-refractivity contribution >= 4 is 21.4 Å². The maximum Gasteiger partial charge on any atom is 0.272 e. The minimum Gasteiger partial charge on any atom is -0.306 e. The molecule has 0 aliphatic carbocycles. The molecule has 0 unspecified atom stereocenters. The molecule has 7 nitrogen and oxygen atoms in total. The highest BCUT2D eigenvalue weighted by Gasteiger charge is 2.24. The summed E-state index contributed by atoms with van der Waals surface area (Å²) in [5.41, 5.74) is 14.8. The molecule has 0 saturated carbocycles. The molecule has 146 valence electrons. The van der Waals surface area contributed by atoms with Crippen LogP contribution in [0.5, 0.6) is 0 Å². The summed E-state index contributed by atoms with van der Waals surface area (Å²) in [5, 5.41) is 0. The number of benzene rings is 3. The highest BCUT2D eigenvalue weighted by Crippen LogP contribution is 2.14. The number of rotatable bonds is 8. The van der Waals surface area contributed by atoms with E-state index in [1.165, 1.54) is 12.1 Å². The SMILES string of the molecule is Cc1ccc(NNN(NNc2ccc(C)cc2)S(=O)(=O)c2ccccc2)cc1. The maximum atomic E-state index is 13.0. The number of aryl methyl sites for hydroxylation is 2. The van der Waals surface area contributed by atoms with Crippen LogP contribution in [0.15, 0.2) is 83.8 Å². The van der Waals surface area contributed by atoms with Crippen LogP contribution >= 0.6 is 0 Å². The lowest BCUT2D eigenvalue weighted by Crippen LogP contribution is -2.55. The van der Waals surface area contributed by atoms with Crippen LogP contribution in [-0.4, -0.2) is 12.9 Å². The molecule has 0 radical (unpaired) electrons. The predicted molar refractivity (Wildman–Crippen MR) is 111 cm³/mol. The van der Waals surface area contributed by atoms with E-state index in [0.29, 0.717) is 0 Å². The molecule has 3 aromatic rings. The van der Waals surface area contributed by atoms with E-state index in [2.05, 4.69) is 21.9 Å². The standard InChI is InChI=1S/C20H23N5O2S/c1-16-8-12-18(13-9-16)21-23-25(24-22-19-14-10-17(2)11-15-19)28(26,27)20-6-4-3-5-7-20/h3-15,21-24H,1-2H3. The molecule has 0 atom stereocenters. The fraction of sp³-hybridized carbons (Fsp3) is 0.100. The summed E-state index contributed by atoms with van der Waals surface area (Å²) < 4.78 is 26.9. The van der Waals surface area contributed by atoms with Crippen LogP contribution in [-0.2, 0) is 10.0 Å². The molecule has 4 N–H and O–H groups in total. The molecule has 3 rings (SSSR count). The van der Waals surface area contributed by atoms with Crippen molar-refractivity contribution < 1.29 is 8.42 Å². The Morgan fingerprint density at radius 1 is 0.643 bits per heavy atom. The van der Waals surface area contributed by atoms with Gasteiger partial charge < -0.3 is 10.9 Å². The van der Waals surface area contributed by atoms with E-state index in [-0.39, 0.29) is 4.90 Å². The van der Waals surface area contributed by atoms with Crippen LogP contribution in [0.2, 0.25) is 0 Å². The Morgan fingerprint density at radius 2 is 1.07 bits per heavy atom. The Hall–Kier alpha value is -2.91. The summed E-state index contributed by atoms with van der Waals surface area (Å²) >= 11 is 0. The van der Waals surface area contributed by atoms with E-state index in [4.69, 9.17) is 0 Å². The van der Waals surface area contributed by atoms with Gasteiger partial charge in [-0.05, 0) is 54.8 Å². The first-order valence-electron chi connectivity index (χ1n) is 8.72. The van der Waals surface area contributed by atoms with Crippen LogP contribution in [0.3, 0.4) is 0 Å². The molecular formula is C20H23N5O2S. The van der Waals surface area contributed by atoms with Gasteiger partial charge in [0.25, 0.3) is 10.0 Å². The molecule has 0 spiro atoms. The molecular weight excluding hydrogens is 374 g/mol. The number of sulfonamides is 1. The van der Waals surface area contributed by atoms with Crippen molar-refractivity contribution in [3.05, 3.63) is 90.0 Å². The second kappa shape index (κ2) is 8.85. The molecule has 0 fully saturated rings. The minimum atomic E-state index is -3.87. The zero-order valence-corrected chi connectivity index (χ0v) is 16.5. The van der Waals surface area contributed by atoms with Crippen molar-refractivity contribution in [2.24, 2.45) is 0 Å². The van der Waals surface area contributed by atoms with Gasteiger partial charge in [-0.2, -0.15) is 0 Å². The zero-order valence-electron chi connectivity index (χ0n) is 15.7. The number of nitrogens with zero attached hydrogens (tertiary/aromatic N) is 1. The van der Waals surface area contributed by atoms with E-state index in [0.717, 1.165) is 27.0 Å². The van der Waals surface area contributed by atoms with Crippen LogP contribution in [0, 0.1) is 13.8 Å². The summed E-state index contributed by atoms with van der Waals surface area (Å²) in [6, 6.07) is 23.3. The van der Waals surface area contributed by atoms with Gasteiger partial charge in [0.05, 0.1) is 16.3 Å². The Morgan fingerprint density at radius 3 is 1.50 bits per heavy atom. The molecule has 0 saturated heterocycles. The number of nitrogens with one attached hydrogen (secondary N) is 4. The first-order valence-corrected chi connectivity index (χ1v) is 10.2. The maximum absolute atomic E-state index is 13.0. The van der Waals surface area contributed by atoms with Gasteiger partial charge in [-0.1, -0.05) is 53.6 Å². The molecule has 0 aromatic heterocycles. The molecule has 8 heteroatoms. The van der Waals surface area contributed by atoms with E-state index < -0.39 is 10.0 Å². The molecule has 28 heavy (non-hydrogen) atoms. The van der Waals surface area contributed by atoms with Crippen molar-refractivity contribution in [1.29, 1.82) is 0 Å². The van der Waals surface area contributed by atoms with E-state index >= 15 is 0 Å². The van der Waals surface area contributed by atoms with Gasteiger partial charge in [0.1, 0.15) is 0 Å². The minimum absolute atomic E-state index is 0.145. The second-order valence-corrected chi connectivity index (χ2v) is 8.07. The molecule has 0 aliphatic heterocycles. The molecule has 0 amide bonds. The smallest absolute Gasteiger partial charge is 0.272 e. The van der Waals surface area contributed by atoms with Crippen LogP contribution in [0.1, 0.15) is 11.1 Å². The fourth-order valence-electron chi connectivity index (χ4n) is 2.35. The average Bonchev–Trinajstić information content (AvgIpc) is 2.71. The van der Waals surface area contributed by atoms with Crippen LogP contribution in [0.4, 0.5) is 11.4 Å². The lowest BCUT2D eigenvalue weighted by Gasteiger charge is -2.25. The lowest BCUT2D eigenvalue weighted by atomic mass is 10.2. The van der Waals surface area contributed by atoms with Gasteiger partial charge in [0.15, 0.2) is 0 Å². The van der Waals surface area contributed by atoms with Crippen molar-refractivity contribution in [2.75, 3.05) is 10.9 Å². The van der Waals surface area contributed by atoms with Crippen LogP contribution < -0.4 is 21.9 Å². The number of anilines is 2. The monoisotopic (exact) mass is 397 g/mol. The normalized spacial score (nSPS) is 11.4. The number of hydrazine groups is 4. The van der Waals surface area contributed by atoms with Gasteiger partial charge in [-0.15, -0.1) is 11.1 Å². The highest BCUT2D eigenvalue weighted by molar-refractivity contribution is 7.89. The third kappa shape index (κ3) is 5.08. The highest BCUT2D eigenvalue weighted by atomic mass is 32.2.